The molecule has 2 aliphatic rings. The van der Waals surface area contributed by atoms with Crippen molar-refractivity contribution in [3.05, 3.63) is 45.8 Å². The van der Waals surface area contributed by atoms with E-state index in [0.717, 1.165) is 55.4 Å². The fourth-order valence-corrected chi connectivity index (χ4v) is 4.93. The maximum atomic E-state index is 6.41. The average Bonchev–Trinajstić information content (AvgIpc) is 3.46. The smallest absolute Gasteiger partial charge is 0.227 e. The van der Waals surface area contributed by atoms with Crippen LogP contribution in [0.2, 0.25) is 10.0 Å². The number of nitrogens with one attached hydrogen (secondary N) is 1. The highest BCUT2D eigenvalue weighted by atomic mass is 35.5. The van der Waals surface area contributed by atoms with E-state index < -0.39 is 0 Å². The number of hydrogen-bond donors (Lipinski definition) is 1. The number of halogens is 2. The molecule has 7 nitrogen and oxygen atoms in total. The zero-order valence-electron chi connectivity index (χ0n) is 17.5. The number of rotatable bonds is 6. The third-order valence-corrected chi connectivity index (χ3v) is 6.89. The van der Waals surface area contributed by atoms with Crippen molar-refractivity contribution in [3.8, 4) is 0 Å². The van der Waals surface area contributed by atoms with E-state index in [0.29, 0.717) is 22.1 Å². The van der Waals surface area contributed by atoms with Crippen molar-refractivity contribution in [2.24, 2.45) is 0 Å². The molecule has 1 aromatic carbocycles. The molecular formula is C22H27Cl2N7. The Morgan fingerprint density at radius 3 is 2.39 bits per heavy atom. The van der Waals surface area contributed by atoms with E-state index >= 15 is 0 Å². The molecule has 0 saturated carbocycles. The van der Waals surface area contributed by atoms with Crippen LogP contribution in [-0.2, 0) is 6.42 Å². The number of likely N-dealkylation sites (tertiary alicyclic amines) is 1. The standard InChI is InChI=1S/C22H27Cl2N7/c23-17-4-3-16(18(24)14-17)13-19-20-21(26-15-25-20)28-22(27-19)31-11-9-30(10-12-31)8-7-29-5-1-2-6-29/h3-4,14-15H,1-2,5-13H2,(H,25,26,27,28). The highest BCUT2D eigenvalue weighted by Crippen LogP contribution is 2.26. The number of fused-ring (bicyclic) bond motifs is 1. The molecule has 9 heteroatoms. The van der Waals surface area contributed by atoms with Crippen LogP contribution in [0.25, 0.3) is 11.2 Å². The van der Waals surface area contributed by atoms with Gasteiger partial charge in [-0.1, -0.05) is 29.3 Å². The predicted octanol–water partition coefficient (Wildman–Crippen LogP) is 3.47. The first-order chi connectivity index (χ1) is 15.2. The van der Waals surface area contributed by atoms with E-state index in [4.69, 9.17) is 33.2 Å². The number of benzene rings is 1. The van der Waals surface area contributed by atoms with Crippen molar-refractivity contribution in [1.82, 2.24) is 29.7 Å². The molecule has 0 radical (unpaired) electrons. The summed E-state index contributed by atoms with van der Waals surface area (Å²) in [5, 5.41) is 1.28. The largest absolute Gasteiger partial charge is 0.342 e. The van der Waals surface area contributed by atoms with Gasteiger partial charge in [-0.15, -0.1) is 0 Å². The van der Waals surface area contributed by atoms with Crippen molar-refractivity contribution in [2.75, 3.05) is 57.3 Å². The van der Waals surface area contributed by atoms with E-state index in [1.165, 1.54) is 32.5 Å². The molecule has 1 N–H and O–H groups in total. The Hall–Kier alpha value is -1.93. The number of hydrogen-bond acceptors (Lipinski definition) is 6. The van der Waals surface area contributed by atoms with Gasteiger partial charge < -0.3 is 14.8 Å². The summed E-state index contributed by atoms with van der Waals surface area (Å²) in [4.78, 5) is 24.6. The van der Waals surface area contributed by atoms with Crippen LogP contribution in [0.15, 0.2) is 24.5 Å². The van der Waals surface area contributed by atoms with Gasteiger partial charge in [0.1, 0.15) is 5.52 Å². The minimum atomic E-state index is 0.597. The molecule has 3 aromatic rings. The molecule has 31 heavy (non-hydrogen) atoms. The second-order valence-electron chi connectivity index (χ2n) is 8.36. The topological polar surface area (TPSA) is 64.2 Å². The first-order valence-corrected chi connectivity index (χ1v) is 11.7. The Balaban J connectivity index is 1.29. The summed E-state index contributed by atoms with van der Waals surface area (Å²) < 4.78 is 0. The molecule has 2 fully saturated rings. The number of aromatic nitrogens is 4. The van der Waals surface area contributed by atoms with Crippen molar-refractivity contribution >= 4 is 40.3 Å². The summed E-state index contributed by atoms with van der Waals surface area (Å²) in [5.41, 5.74) is 3.44. The van der Waals surface area contributed by atoms with Crippen molar-refractivity contribution in [2.45, 2.75) is 19.3 Å². The van der Waals surface area contributed by atoms with Gasteiger partial charge in [0.15, 0.2) is 5.65 Å². The molecule has 0 unspecified atom stereocenters. The minimum absolute atomic E-state index is 0.597. The van der Waals surface area contributed by atoms with Crippen molar-refractivity contribution in [1.29, 1.82) is 0 Å². The van der Waals surface area contributed by atoms with Crippen LogP contribution >= 0.6 is 23.2 Å². The van der Waals surface area contributed by atoms with Crippen LogP contribution in [0.3, 0.4) is 0 Å². The van der Waals surface area contributed by atoms with E-state index in [1.807, 2.05) is 12.1 Å². The van der Waals surface area contributed by atoms with Crippen LogP contribution in [0.4, 0.5) is 5.95 Å². The van der Waals surface area contributed by atoms with Gasteiger partial charge in [-0.2, -0.15) is 4.98 Å². The van der Waals surface area contributed by atoms with Crippen LogP contribution in [0.5, 0.6) is 0 Å². The number of aromatic amines is 1. The summed E-state index contributed by atoms with van der Waals surface area (Å²) in [5.74, 6) is 0.749. The Kier molecular flexibility index (Phi) is 6.27. The molecule has 0 atom stereocenters. The fraction of sp³-hybridized carbons (Fsp3) is 0.500. The quantitative estimate of drug-likeness (QED) is 0.608. The van der Waals surface area contributed by atoms with Gasteiger partial charge in [-0.25, -0.2) is 9.97 Å². The van der Waals surface area contributed by atoms with E-state index in [9.17, 15) is 0 Å². The fourth-order valence-electron chi connectivity index (χ4n) is 4.46. The van der Waals surface area contributed by atoms with E-state index in [-0.39, 0.29) is 0 Å². The van der Waals surface area contributed by atoms with Crippen LogP contribution in [0.1, 0.15) is 24.1 Å². The SMILES string of the molecule is Clc1ccc(Cc2nc(N3CCN(CCN4CCCC4)CC3)nc3nc[nH]c23)c(Cl)c1. The number of H-pyrrole nitrogens is 1. The molecular weight excluding hydrogens is 433 g/mol. The average molecular weight is 460 g/mol. The number of piperazine rings is 1. The van der Waals surface area contributed by atoms with Gasteiger partial charge in [0.25, 0.3) is 0 Å². The molecule has 164 valence electrons. The molecule has 2 aliphatic heterocycles. The Labute approximate surface area is 192 Å². The molecule has 2 aromatic heterocycles. The number of nitrogens with zero attached hydrogens (tertiary/aromatic N) is 6. The zero-order chi connectivity index (χ0) is 21.2. The highest BCUT2D eigenvalue weighted by molar-refractivity contribution is 6.35. The van der Waals surface area contributed by atoms with Gasteiger partial charge >= 0.3 is 0 Å². The summed E-state index contributed by atoms with van der Waals surface area (Å²) in [7, 11) is 0. The molecule has 4 heterocycles. The maximum Gasteiger partial charge on any atom is 0.227 e. The maximum absolute atomic E-state index is 6.41. The first-order valence-electron chi connectivity index (χ1n) is 11.0. The lowest BCUT2D eigenvalue weighted by atomic mass is 10.1. The van der Waals surface area contributed by atoms with Crippen LogP contribution < -0.4 is 4.90 Å². The second-order valence-corrected chi connectivity index (χ2v) is 9.21. The lowest BCUT2D eigenvalue weighted by Crippen LogP contribution is -2.48. The lowest BCUT2D eigenvalue weighted by Gasteiger charge is -2.35. The summed E-state index contributed by atoms with van der Waals surface area (Å²) in [6.07, 6.45) is 4.97. The van der Waals surface area contributed by atoms with Crippen molar-refractivity contribution < 1.29 is 0 Å². The monoisotopic (exact) mass is 459 g/mol. The third kappa shape index (κ3) is 4.80. The lowest BCUT2D eigenvalue weighted by molar-refractivity contribution is 0.215. The molecule has 0 aliphatic carbocycles. The van der Waals surface area contributed by atoms with Crippen LogP contribution in [-0.4, -0.2) is 82.1 Å². The molecule has 0 bridgehead atoms. The molecule has 0 spiro atoms. The minimum Gasteiger partial charge on any atom is -0.342 e. The van der Waals surface area contributed by atoms with Gasteiger partial charge in [0.05, 0.1) is 12.0 Å². The summed E-state index contributed by atoms with van der Waals surface area (Å²) in [6.45, 7) is 8.78. The van der Waals surface area contributed by atoms with E-state index in [1.54, 1.807) is 12.4 Å². The normalized spacial score (nSPS) is 18.3. The first kappa shape index (κ1) is 20.9. The second kappa shape index (κ2) is 9.28. The Morgan fingerprint density at radius 2 is 1.65 bits per heavy atom. The summed E-state index contributed by atoms with van der Waals surface area (Å²) >= 11 is 12.5. The third-order valence-electron chi connectivity index (χ3n) is 6.31. The van der Waals surface area contributed by atoms with Crippen LogP contribution in [0, 0.1) is 0 Å². The van der Waals surface area contributed by atoms with Gasteiger partial charge in [0.2, 0.25) is 5.95 Å². The molecule has 2 saturated heterocycles. The Morgan fingerprint density at radius 1 is 0.903 bits per heavy atom. The molecule has 5 rings (SSSR count). The van der Waals surface area contributed by atoms with Gasteiger partial charge in [0, 0.05) is 55.7 Å². The van der Waals surface area contributed by atoms with Gasteiger partial charge in [-0.05, 0) is 43.6 Å². The molecule has 0 amide bonds. The van der Waals surface area contributed by atoms with Crippen molar-refractivity contribution in [3.63, 3.8) is 0 Å². The predicted molar refractivity (Wildman–Crippen MR) is 125 cm³/mol. The van der Waals surface area contributed by atoms with Gasteiger partial charge in [-0.3, -0.25) is 4.90 Å². The number of imidazole rings is 1. The summed E-state index contributed by atoms with van der Waals surface area (Å²) in [6, 6.07) is 5.58. The van der Waals surface area contributed by atoms with E-state index in [2.05, 4.69) is 24.7 Å². The zero-order valence-corrected chi connectivity index (χ0v) is 19.0. The highest BCUT2D eigenvalue weighted by Gasteiger charge is 2.22. The Bertz CT molecular complexity index is 1040. The number of anilines is 1.